The summed E-state index contributed by atoms with van der Waals surface area (Å²) < 4.78 is 50.2. The van der Waals surface area contributed by atoms with Crippen molar-refractivity contribution >= 4 is 0 Å². The maximum atomic E-state index is 13.0. The number of rotatable bonds is 3. The molecular formula is C12H11F4. The van der Waals surface area contributed by atoms with E-state index in [4.69, 9.17) is 0 Å². The molecule has 0 saturated heterocycles. The quantitative estimate of drug-likeness (QED) is 0.535. The first-order valence-electron chi connectivity index (χ1n) is 4.66. The maximum absolute atomic E-state index is 13.0. The van der Waals surface area contributed by atoms with Gasteiger partial charge in [-0.1, -0.05) is 13.0 Å². The Morgan fingerprint density at radius 2 is 1.94 bits per heavy atom. The van der Waals surface area contributed by atoms with E-state index in [1.54, 1.807) is 13.0 Å². The van der Waals surface area contributed by atoms with Crippen LogP contribution in [0, 0.1) is 11.7 Å². The highest BCUT2D eigenvalue weighted by atomic mass is 19.4. The molecule has 1 aromatic rings. The number of hydrogen-bond donors (Lipinski definition) is 0. The lowest BCUT2D eigenvalue weighted by Crippen LogP contribution is -2.07. The monoisotopic (exact) mass is 231 g/mol. The Bertz CT molecular complexity index is 379. The molecular weight excluding hydrogens is 220 g/mol. The molecule has 0 spiro atoms. The van der Waals surface area contributed by atoms with E-state index in [1.165, 1.54) is 0 Å². The molecule has 0 aliphatic carbocycles. The Hall–Kier alpha value is -1.32. The smallest absolute Gasteiger partial charge is 0.207 e. The van der Waals surface area contributed by atoms with Gasteiger partial charge >= 0.3 is 6.18 Å². The van der Waals surface area contributed by atoms with Crippen LogP contribution < -0.4 is 0 Å². The van der Waals surface area contributed by atoms with Gasteiger partial charge < -0.3 is 0 Å². The second-order valence-electron chi connectivity index (χ2n) is 3.50. The number of allylic oxidation sites excluding steroid dienone is 1. The molecule has 1 radical (unpaired) electrons. The Labute approximate surface area is 91.6 Å². The summed E-state index contributed by atoms with van der Waals surface area (Å²) in [7, 11) is 0. The van der Waals surface area contributed by atoms with Crippen molar-refractivity contribution in [2.24, 2.45) is 0 Å². The summed E-state index contributed by atoms with van der Waals surface area (Å²) in [6.07, 6.45) is -2.53. The second-order valence-corrected chi connectivity index (χ2v) is 3.50. The molecule has 1 aromatic carbocycles. The van der Waals surface area contributed by atoms with Gasteiger partial charge in [-0.2, -0.15) is 13.2 Å². The van der Waals surface area contributed by atoms with E-state index in [9.17, 15) is 17.6 Å². The third-order valence-electron chi connectivity index (χ3n) is 2.17. The molecule has 0 nitrogen and oxygen atoms in total. The van der Waals surface area contributed by atoms with Crippen molar-refractivity contribution in [3.8, 4) is 0 Å². The van der Waals surface area contributed by atoms with Crippen molar-refractivity contribution in [2.45, 2.75) is 19.5 Å². The first-order valence-corrected chi connectivity index (χ1v) is 4.66. The molecule has 4 heteroatoms. The third-order valence-corrected chi connectivity index (χ3v) is 2.17. The summed E-state index contributed by atoms with van der Waals surface area (Å²) in [4.78, 5) is 0. The van der Waals surface area contributed by atoms with E-state index in [-0.39, 0.29) is 5.56 Å². The van der Waals surface area contributed by atoms with Gasteiger partial charge in [-0.05, 0) is 30.2 Å². The summed E-state index contributed by atoms with van der Waals surface area (Å²) in [5.74, 6) is -0.228. The zero-order valence-corrected chi connectivity index (χ0v) is 8.74. The molecule has 0 N–H and O–H groups in total. The normalized spacial score (nSPS) is 11.9. The van der Waals surface area contributed by atoms with Crippen LogP contribution in [0.4, 0.5) is 17.6 Å². The second kappa shape index (κ2) is 4.68. The van der Waals surface area contributed by atoms with E-state index in [0.717, 1.165) is 12.1 Å². The summed E-state index contributed by atoms with van der Waals surface area (Å²) in [6, 6.07) is 2.53. The predicted octanol–water partition coefficient (Wildman–Crippen LogP) is 4.36. The first kappa shape index (κ1) is 12.7. The lowest BCUT2D eigenvalue weighted by molar-refractivity contribution is -0.137. The fourth-order valence-corrected chi connectivity index (χ4v) is 1.33. The van der Waals surface area contributed by atoms with Gasteiger partial charge in [-0.3, -0.25) is 0 Å². The number of alkyl halides is 3. The zero-order valence-electron chi connectivity index (χ0n) is 8.74. The number of hydrogen-bond acceptors (Lipinski definition) is 0. The van der Waals surface area contributed by atoms with Gasteiger partial charge in [0, 0.05) is 5.92 Å². The van der Waals surface area contributed by atoms with Crippen LogP contribution in [0.3, 0.4) is 0 Å². The highest BCUT2D eigenvalue weighted by Crippen LogP contribution is 2.32. The molecule has 1 rings (SSSR count). The van der Waals surface area contributed by atoms with Gasteiger partial charge in [0.2, 0.25) is 0 Å². The fourth-order valence-electron chi connectivity index (χ4n) is 1.33. The van der Waals surface area contributed by atoms with Crippen LogP contribution in [-0.4, -0.2) is 0 Å². The standard InChI is InChI=1S/C12H11F4/c1-3-4-8(2)9-5-10(12(14,15)16)7-11(13)6-9/h3,5-7H,1,4H2,2H3. The Morgan fingerprint density at radius 1 is 1.31 bits per heavy atom. The van der Waals surface area contributed by atoms with Crippen molar-refractivity contribution in [1.82, 2.24) is 0 Å². The maximum Gasteiger partial charge on any atom is 0.416 e. The largest absolute Gasteiger partial charge is 0.416 e. The van der Waals surface area contributed by atoms with Crippen molar-refractivity contribution in [3.63, 3.8) is 0 Å². The van der Waals surface area contributed by atoms with E-state index >= 15 is 0 Å². The van der Waals surface area contributed by atoms with Crippen LogP contribution >= 0.6 is 0 Å². The summed E-state index contributed by atoms with van der Waals surface area (Å²) in [5, 5.41) is 0. The summed E-state index contributed by atoms with van der Waals surface area (Å²) in [5.41, 5.74) is -0.710. The van der Waals surface area contributed by atoms with Crippen LogP contribution in [-0.2, 0) is 6.18 Å². The summed E-state index contributed by atoms with van der Waals surface area (Å²) in [6.45, 7) is 5.13. The van der Waals surface area contributed by atoms with E-state index in [0.29, 0.717) is 18.4 Å². The topological polar surface area (TPSA) is 0 Å². The van der Waals surface area contributed by atoms with Gasteiger partial charge in [0.15, 0.2) is 0 Å². The average Bonchev–Trinajstić information content (AvgIpc) is 2.16. The zero-order chi connectivity index (χ0) is 12.3. The molecule has 0 amide bonds. The molecule has 0 saturated carbocycles. The number of halogens is 4. The van der Waals surface area contributed by atoms with Crippen LogP contribution in [0.2, 0.25) is 0 Å². The number of benzene rings is 1. The fraction of sp³-hybridized carbons (Fsp3) is 0.250. The van der Waals surface area contributed by atoms with Crippen LogP contribution in [0.1, 0.15) is 24.5 Å². The van der Waals surface area contributed by atoms with Gasteiger partial charge in [-0.25, -0.2) is 4.39 Å². The van der Waals surface area contributed by atoms with Crippen LogP contribution in [0.5, 0.6) is 0 Å². The SMILES string of the molecule is C=CC[C](C)c1cc(F)cc(C(F)(F)F)c1. The first-order chi connectivity index (χ1) is 7.34. The minimum absolute atomic E-state index is 0.257. The van der Waals surface area contributed by atoms with Crippen LogP contribution in [0.15, 0.2) is 30.9 Å². The van der Waals surface area contributed by atoms with Gasteiger partial charge in [0.1, 0.15) is 5.82 Å². The Kier molecular flexibility index (Phi) is 3.73. The highest BCUT2D eigenvalue weighted by molar-refractivity contribution is 5.36. The van der Waals surface area contributed by atoms with Crippen molar-refractivity contribution < 1.29 is 17.6 Å². The minimum atomic E-state index is -4.52. The average molecular weight is 231 g/mol. The molecule has 0 aliphatic heterocycles. The Morgan fingerprint density at radius 3 is 2.44 bits per heavy atom. The van der Waals surface area contributed by atoms with Gasteiger partial charge in [0.05, 0.1) is 5.56 Å². The molecule has 0 heterocycles. The van der Waals surface area contributed by atoms with E-state index < -0.39 is 17.6 Å². The molecule has 0 fully saturated rings. The minimum Gasteiger partial charge on any atom is -0.207 e. The van der Waals surface area contributed by atoms with Crippen molar-refractivity contribution in [1.29, 1.82) is 0 Å². The predicted molar refractivity (Wildman–Crippen MR) is 54.2 cm³/mol. The van der Waals surface area contributed by atoms with Gasteiger partial charge in [0.25, 0.3) is 0 Å². The van der Waals surface area contributed by atoms with Crippen molar-refractivity contribution in [2.75, 3.05) is 0 Å². The molecule has 87 valence electrons. The molecule has 0 bridgehead atoms. The molecule has 0 atom stereocenters. The molecule has 16 heavy (non-hydrogen) atoms. The Balaban J connectivity index is 3.12. The molecule has 0 aromatic heterocycles. The lowest BCUT2D eigenvalue weighted by atomic mass is 9.96. The van der Waals surface area contributed by atoms with E-state index in [1.807, 2.05) is 0 Å². The lowest BCUT2D eigenvalue weighted by Gasteiger charge is -2.12. The third kappa shape index (κ3) is 3.08. The van der Waals surface area contributed by atoms with Gasteiger partial charge in [-0.15, -0.1) is 6.58 Å². The highest BCUT2D eigenvalue weighted by Gasteiger charge is 2.31. The molecule has 0 unspecified atom stereocenters. The summed E-state index contributed by atoms with van der Waals surface area (Å²) >= 11 is 0. The molecule has 0 aliphatic rings. The van der Waals surface area contributed by atoms with Crippen molar-refractivity contribution in [3.05, 3.63) is 53.7 Å². The van der Waals surface area contributed by atoms with E-state index in [2.05, 4.69) is 6.58 Å². The van der Waals surface area contributed by atoms with Crippen LogP contribution in [0.25, 0.3) is 0 Å².